The van der Waals surface area contributed by atoms with Crippen LogP contribution < -0.4 is 19.9 Å². The highest BCUT2D eigenvalue weighted by atomic mass is 16.5. The Labute approximate surface area is 119 Å². The highest BCUT2D eigenvalue weighted by Crippen LogP contribution is 2.34. The van der Waals surface area contributed by atoms with Crippen LogP contribution in [0.2, 0.25) is 0 Å². The molecule has 0 unspecified atom stereocenters. The van der Waals surface area contributed by atoms with Gasteiger partial charge in [0.15, 0.2) is 11.5 Å². The first-order chi connectivity index (χ1) is 9.74. The van der Waals surface area contributed by atoms with Gasteiger partial charge in [0.05, 0.1) is 18.9 Å². The first-order valence-electron chi connectivity index (χ1n) is 6.66. The highest BCUT2D eigenvalue weighted by Gasteiger charge is 2.07. The van der Waals surface area contributed by atoms with E-state index in [1.54, 1.807) is 18.2 Å². The lowest BCUT2D eigenvalue weighted by atomic mass is 10.2. The van der Waals surface area contributed by atoms with Crippen molar-refractivity contribution < 1.29 is 14.2 Å². The minimum Gasteiger partial charge on any atom is -0.492 e. The van der Waals surface area contributed by atoms with Crippen LogP contribution in [0.25, 0.3) is 0 Å². The molecule has 0 radical (unpaired) electrons. The van der Waals surface area contributed by atoms with Crippen molar-refractivity contribution in [1.29, 1.82) is 0 Å². The molecule has 20 heavy (non-hydrogen) atoms. The Morgan fingerprint density at radius 1 is 0.850 bits per heavy atom. The lowest BCUT2D eigenvalue weighted by molar-refractivity contribution is 0.319. The second-order valence-corrected chi connectivity index (χ2v) is 4.11. The maximum atomic E-state index is 5.84. The lowest BCUT2D eigenvalue weighted by Gasteiger charge is -2.13. The van der Waals surface area contributed by atoms with Crippen molar-refractivity contribution in [2.45, 2.75) is 13.8 Å². The Hall–Kier alpha value is -2.36. The van der Waals surface area contributed by atoms with Gasteiger partial charge < -0.3 is 19.9 Å². The van der Waals surface area contributed by atoms with Crippen LogP contribution in [0.15, 0.2) is 42.5 Å². The van der Waals surface area contributed by atoms with Crippen LogP contribution in [-0.4, -0.2) is 13.2 Å². The normalized spacial score (nSPS) is 10.1. The summed E-state index contributed by atoms with van der Waals surface area (Å²) < 4.78 is 16.8. The van der Waals surface area contributed by atoms with Crippen LogP contribution in [0.3, 0.4) is 0 Å². The van der Waals surface area contributed by atoms with Gasteiger partial charge >= 0.3 is 0 Å². The molecule has 0 aromatic heterocycles. The van der Waals surface area contributed by atoms with E-state index in [4.69, 9.17) is 19.9 Å². The first-order valence-corrected chi connectivity index (χ1v) is 6.66. The van der Waals surface area contributed by atoms with E-state index in [1.165, 1.54) is 0 Å². The van der Waals surface area contributed by atoms with Crippen molar-refractivity contribution >= 4 is 5.69 Å². The molecule has 0 spiro atoms. The third kappa shape index (κ3) is 3.35. The Bertz CT molecular complexity index is 569. The number of nitrogen functional groups attached to an aromatic ring is 1. The van der Waals surface area contributed by atoms with E-state index in [0.717, 1.165) is 0 Å². The molecule has 0 heterocycles. The van der Waals surface area contributed by atoms with Crippen molar-refractivity contribution in [2.75, 3.05) is 18.9 Å². The summed E-state index contributed by atoms with van der Waals surface area (Å²) in [6.45, 7) is 5.00. The SMILES string of the molecule is CCOc1cc(Oc2ccccc2OCC)ccc1N. The molecule has 4 heteroatoms. The van der Waals surface area contributed by atoms with Crippen molar-refractivity contribution in [3.63, 3.8) is 0 Å². The molecule has 0 aliphatic rings. The maximum Gasteiger partial charge on any atom is 0.169 e. The fourth-order valence-corrected chi connectivity index (χ4v) is 1.79. The number of hydrogen-bond donors (Lipinski definition) is 1. The van der Waals surface area contributed by atoms with Crippen LogP contribution in [-0.2, 0) is 0 Å². The van der Waals surface area contributed by atoms with E-state index in [1.807, 2.05) is 38.1 Å². The summed E-state index contributed by atoms with van der Waals surface area (Å²) in [5.41, 5.74) is 6.44. The van der Waals surface area contributed by atoms with Crippen LogP contribution in [0.5, 0.6) is 23.0 Å². The van der Waals surface area contributed by atoms with Crippen molar-refractivity contribution in [2.24, 2.45) is 0 Å². The second-order valence-electron chi connectivity index (χ2n) is 4.11. The Morgan fingerprint density at radius 3 is 2.20 bits per heavy atom. The summed E-state index contributed by atoms with van der Waals surface area (Å²) in [5, 5.41) is 0. The molecular formula is C16H19NO3. The molecule has 0 bridgehead atoms. The molecule has 106 valence electrons. The zero-order valence-electron chi connectivity index (χ0n) is 11.8. The largest absolute Gasteiger partial charge is 0.492 e. The average Bonchev–Trinajstić information content (AvgIpc) is 2.45. The van der Waals surface area contributed by atoms with Crippen molar-refractivity contribution in [1.82, 2.24) is 0 Å². The summed E-state index contributed by atoms with van der Waals surface area (Å²) in [7, 11) is 0. The molecule has 2 N–H and O–H groups in total. The van der Waals surface area contributed by atoms with E-state index in [9.17, 15) is 0 Å². The summed E-state index contributed by atoms with van der Waals surface area (Å²) in [6.07, 6.45) is 0. The average molecular weight is 273 g/mol. The number of hydrogen-bond acceptors (Lipinski definition) is 4. The van der Waals surface area contributed by atoms with Gasteiger partial charge in [0, 0.05) is 6.07 Å². The van der Waals surface area contributed by atoms with Crippen LogP contribution in [0, 0.1) is 0 Å². The smallest absolute Gasteiger partial charge is 0.169 e. The molecule has 0 fully saturated rings. The zero-order chi connectivity index (χ0) is 14.4. The summed E-state index contributed by atoms with van der Waals surface area (Å²) in [5.74, 6) is 2.67. The maximum absolute atomic E-state index is 5.84. The molecule has 4 nitrogen and oxygen atoms in total. The fraction of sp³-hybridized carbons (Fsp3) is 0.250. The third-order valence-corrected chi connectivity index (χ3v) is 2.66. The van der Waals surface area contributed by atoms with Crippen LogP contribution in [0.1, 0.15) is 13.8 Å². The van der Waals surface area contributed by atoms with Crippen LogP contribution in [0.4, 0.5) is 5.69 Å². The van der Waals surface area contributed by atoms with Crippen molar-refractivity contribution in [3.05, 3.63) is 42.5 Å². The molecule has 0 aliphatic heterocycles. The number of rotatable bonds is 6. The lowest BCUT2D eigenvalue weighted by Crippen LogP contribution is -1.98. The highest BCUT2D eigenvalue weighted by molar-refractivity contribution is 5.56. The van der Waals surface area contributed by atoms with E-state index in [-0.39, 0.29) is 0 Å². The fourth-order valence-electron chi connectivity index (χ4n) is 1.79. The Kier molecular flexibility index (Phi) is 4.71. The number of para-hydroxylation sites is 2. The topological polar surface area (TPSA) is 53.7 Å². The number of anilines is 1. The minimum absolute atomic E-state index is 0.559. The minimum atomic E-state index is 0.559. The molecule has 0 amide bonds. The number of nitrogens with two attached hydrogens (primary N) is 1. The summed E-state index contributed by atoms with van der Waals surface area (Å²) >= 11 is 0. The molecule has 2 aromatic rings. The predicted molar refractivity (Wildman–Crippen MR) is 79.7 cm³/mol. The second kappa shape index (κ2) is 6.70. The molecular weight excluding hydrogens is 254 g/mol. The van der Waals surface area contributed by atoms with E-state index >= 15 is 0 Å². The molecule has 0 aliphatic carbocycles. The first kappa shape index (κ1) is 14.1. The van der Waals surface area contributed by atoms with Gasteiger partial charge in [-0.25, -0.2) is 0 Å². The third-order valence-electron chi connectivity index (χ3n) is 2.66. The van der Waals surface area contributed by atoms with E-state index in [0.29, 0.717) is 41.9 Å². The van der Waals surface area contributed by atoms with Gasteiger partial charge in [-0.15, -0.1) is 0 Å². The molecule has 2 rings (SSSR count). The molecule has 0 saturated heterocycles. The van der Waals surface area contributed by atoms with Gasteiger partial charge in [-0.1, -0.05) is 12.1 Å². The van der Waals surface area contributed by atoms with E-state index < -0.39 is 0 Å². The monoisotopic (exact) mass is 273 g/mol. The standard InChI is InChI=1S/C16H19NO3/c1-3-18-14-7-5-6-8-15(14)20-12-9-10-13(17)16(11-12)19-4-2/h5-11H,3-4,17H2,1-2H3. The molecule has 0 saturated carbocycles. The van der Waals surface area contributed by atoms with Gasteiger partial charge in [0.2, 0.25) is 0 Å². The Balaban J connectivity index is 2.23. The van der Waals surface area contributed by atoms with Crippen LogP contribution >= 0.6 is 0 Å². The zero-order valence-corrected chi connectivity index (χ0v) is 11.8. The van der Waals surface area contributed by atoms with E-state index in [2.05, 4.69) is 0 Å². The van der Waals surface area contributed by atoms with Gasteiger partial charge in [0.25, 0.3) is 0 Å². The summed E-state index contributed by atoms with van der Waals surface area (Å²) in [6, 6.07) is 12.9. The van der Waals surface area contributed by atoms with Crippen molar-refractivity contribution in [3.8, 4) is 23.0 Å². The Morgan fingerprint density at radius 2 is 1.50 bits per heavy atom. The number of benzene rings is 2. The predicted octanol–water partition coefficient (Wildman–Crippen LogP) is 3.86. The van der Waals surface area contributed by atoms with Gasteiger partial charge in [0.1, 0.15) is 11.5 Å². The molecule has 2 aromatic carbocycles. The molecule has 0 atom stereocenters. The van der Waals surface area contributed by atoms with Gasteiger partial charge in [-0.3, -0.25) is 0 Å². The van der Waals surface area contributed by atoms with Gasteiger partial charge in [-0.05, 0) is 38.1 Å². The quantitative estimate of drug-likeness (QED) is 0.812. The van der Waals surface area contributed by atoms with Gasteiger partial charge in [-0.2, -0.15) is 0 Å². The summed E-state index contributed by atoms with van der Waals surface area (Å²) in [4.78, 5) is 0. The number of ether oxygens (including phenoxy) is 3.